The molecule has 0 bridgehead atoms. The summed E-state index contributed by atoms with van der Waals surface area (Å²) in [5.41, 5.74) is 0. The van der Waals surface area contributed by atoms with E-state index in [9.17, 15) is 0 Å². The van der Waals surface area contributed by atoms with E-state index in [1.54, 1.807) is 0 Å². The average molecular weight is 523 g/mol. The van der Waals surface area contributed by atoms with E-state index in [0.29, 0.717) is 0 Å². The minimum atomic E-state index is 1.37. The second kappa shape index (κ2) is 30.5. The molecule has 0 rings (SSSR count). The fraction of sp³-hybridized carbons (Fsp3) is 1.00. The van der Waals surface area contributed by atoms with Crippen molar-refractivity contribution in [3.05, 3.63) is 0 Å². The van der Waals surface area contributed by atoms with E-state index in [-0.39, 0.29) is 0 Å². The summed E-state index contributed by atoms with van der Waals surface area (Å²) >= 11 is 0. The molecule has 0 radical (unpaired) electrons. The molecule has 0 heterocycles. The minimum Gasteiger partial charge on any atom is -0.324 e. The van der Waals surface area contributed by atoms with Crippen LogP contribution in [0.4, 0.5) is 0 Å². The Balaban J connectivity index is 4.75. The fourth-order valence-corrected chi connectivity index (χ4v) is 6.29. The van der Waals surface area contributed by atoms with Crippen molar-refractivity contribution in [1.82, 2.24) is 0 Å². The number of hydrogen-bond donors (Lipinski definition) is 0. The Kier molecular flexibility index (Phi) is 30.5. The molecular formula is C36H76N+. The van der Waals surface area contributed by atoms with E-state index in [1.165, 1.54) is 210 Å². The molecule has 1 heteroatoms. The summed E-state index contributed by atoms with van der Waals surface area (Å²) in [6.07, 6.45) is 40.7. The number of quaternary nitrogens is 1. The minimum absolute atomic E-state index is 1.37. The standard InChI is InChI=1S/C36H76N/c1-5-9-13-17-21-23-27-31-35-37(33-29-25-19-15-11-7-3,34-30-26-20-16-12-8-4)36-32-28-24-22-18-14-10-6-2/h5-36H2,1-4H3/q+1. The van der Waals surface area contributed by atoms with Gasteiger partial charge in [0.15, 0.2) is 0 Å². The van der Waals surface area contributed by atoms with Crippen LogP contribution in [-0.2, 0) is 0 Å². The summed E-state index contributed by atoms with van der Waals surface area (Å²) in [7, 11) is 0. The smallest absolute Gasteiger partial charge is 0.0786 e. The predicted octanol–water partition coefficient (Wildman–Crippen LogP) is 12.8. The summed E-state index contributed by atoms with van der Waals surface area (Å²) in [6, 6.07) is 0. The van der Waals surface area contributed by atoms with Gasteiger partial charge in [0.25, 0.3) is 0 Å². The molecule has 0 atom stereocenters. The van der Waals surface area contributed by atoms with E-state index < -0.39 is 0 Å². The monoisotopic (exact) mass is 523 g/mol. The van der Waals surface area contributed by atoms with Crippen molar-refractivity contribution in [2.24, 2.45) is 0 Å². The Labute approximate surface area is 237 Å². The molecular weight excluding hydrogens is 446 g/mol. The normalized spacial score (nSPS) is 12.0. The molecule has 0 spiro atoms. The Morgan fingerprint density at radius 2 is 0.378 bits per heavy atom. The van der Waals surface area contributed by atoms with Gasteiger partial charge in [0.05, 0.1) is 26.2 Å². The summed E-state index contributed by atoms with van der Waals surface area (Å²) in [6.45, 7) is 15.3. The summed E-state index contributed by atoms with van der Waals surface area (Å²) in [5, 5.41) is 0. The first-order valence-electron chi connectivity index (χ1n) is 18.1. The Morgan fingerprint density at radius 3 is 0.568 bits per heavy atom. The molecule has 0 unspecified atom stereocenters. The average Bonchev–Trinajstić information content (AvgIpc) is 2.91. The molecule has 0 fully saturated rings. The van der Waals surface area contributed by atoms with Gasteiger partial charge in [-0.3, -0.25) is 0 Å². The van der Waals surface area contributed by atoms with Crippen molar-refractivity contribution in [3.8, 4) is 0 Å². The van der Waals surface area contributed by atoms with Crippen LogP contribution >= 0.6 is 0 Å². The van der Waals surface area contributed by atoms with Gasteiger partial charge in [0, 0.05) is 0 Å². The maximum Gasteiger partial charge on any atom is 0.0786 e. The second-order valence-electron chi connectivity index (χ2n) is 12.7. The van der Waals surface area contributed by atoms with Crippen LogP contribution in [0, 0.1) is 0 Å². The van der Waals surface area contributed by atoms with Crippen molar-refractivity contribution >= 4 is 0 Å². The Hall–Kier alpha value is -0.0400. The largest absolute Gasteiger partial charge is 0.324 e. The maximum atomic E-state index is 2.34. The van der Waals surface area contributed by atoms with E-state index >= 15 is 0 Å². The lowest BCUT2D eigenvalue weighted by molar-refractivity contribution is -0.929. The van der Waals surface area contributed by atoms with Gasteiger partial charge >= 0.3 is 0 Å². The molecule has 224 valence electrons. The molecule has 1 nitrogen and oxygen atoms in total. The zero-order valence-electron chi connectivity index (χ0n) is 27.1. The molecule has 0 aliphatic rings. The molecule has 0 aromatic rings. The SMILES string of the molecule is CCCCCCCCCC[N+](CCCCCCCC)(CCCCCCCC)CCCCCCCCCC. The molecule has 0 aromatic carbocycles. The summed E-state index contributed by atoms with van der Waals surface area (Å²) in [5.74, 6) is 0. The predicted molar refractivity (Wildman–Crippen MR) is 172 cm³/mol. The number of nitrogens with zero attached hydrogens (tertiary/aromatic N) is 1. The third-order valence-corrected chi connectivity index (χ3v) is 8.94. The van der Waals surface area contributed by atoms with Gasteiger partial charge in [0.1, 0.15) is 0 Å². The van der Waals surface area contributed by atoms with Crippen molar-refractivity contribution in [2.45, 2.75) is 207 Å². The van der Waals surface area contributed by atoms with Gasteiger partial charge in [-0.15, -0.1) is 0 Å². The van der Waals surface area contributed by atoms with Gasteiger partial charge in [-0.1, -0.05) is 156 Å². The lowest BCUT2D eigenvalue weighted by atomic mass is 10.0. The lowest BCUT2D eigenvalue weighted by Gasteiger charge is -2.40. The molecule has 0 amide bonds. The Bertz CT molecular complexity index is 365. The highest BCUT2D eigenvalue weighted by Crippen LogP contribution is 2.21. The molecule has 0 aliphatic heterocycles. The first-order valence-corrected chi connectivity index (χ1v) is 18.1. The molecule has 0 saturated heterocycles. The highest BCUT2D eigenvalue weighted by atomic mass is 15.3. The fourth-order valence-electron chi connectivity index (χ4n) is 6.29. The topological polar surface area (TPSA) is 0 Å². The molecule has 0 N–H and O–H groups in total. The molecule has 0 saturated carbocycles. The van der Waals surface area contributed by atoms with E-state index in [0.717, 1.165) is 0 Å². The van der Waals surface area contributed by atoms with Crippen LogP contribution in [0.25, 0.3) is 0 Å². The maximum absolute atomic E-state index is 2.34. The van der Waals surface area contributed by atoms with Crippen LogP contribution in [-0.4, -0.2) is 30.7 Å². The van der Waals surface area contributed by atoms with Crippen LogP contribution in [0.5, 0.6) is 0 Å². The summed E-state index contributed by atoms with van der Waals surface area (Å²) < 4.78 is 1.48. The zero-order chi connectivity index (χ0) is 27.1. The van der Waals surface area contributed by atoms with E-state index in [1.807, 2.05) is 0 Å². The molecule has 37 heavy (non-hydrogen) atoms. The quantitative estimate of drug-likeness (QED) is 0.0608. The number of rotatable bonds is 32. The van der Waals surface area contributed by atoms with Gasteiger partial charge in [-0.05, 0) is 51.4 Å². The van der Waals surface area contributed by atoms with Crippen LogP contribution < -0.4 is 0 Å². The lowest BCUT2D eigenvalue weighted by Crippen LogP contribution is -2.50. The Morgan fingerprint density at radius 1 is 0.216 bits per heavy atom. The highest BCUT2D eigenvalue weighted by Gasteiger charge is 2.25. The van der Waals surface area contributed by atoms with Crippen molar-refractivity contribution in [2.75, 3.05) is 26.2 Å². The van der Waals surface area contributed by atoms with Gasteiger partial charge in [-0.25, -0.2) is 0 Å². The van der Waals surface area contributed by atoms with Crippen LogP contribution in [0.15, 0.2) is 0 Å². The zero-order valence-corrected chi connectivity index (χ0v) is 27.1. The first-order chi connectivity index (χ1) is 18.2. The first kappa shape index (κ1) is 37.0. The van der Waals surface area contributed by atoms with E-state index in [2.05, 4.69) is 27.7 Å². The number of hydrogen-bond acceptors (Lipinski definition) is 0. The van der Waals surface area contributed by atoms with Crippen LogP contribution in [0.1, 0.15) is 207 Å². The van der Waals surface area contributed by atoms with Crippen LogP contribution in [0.2, 0.25) is 0 Å². The third-order valence-electron chi connectivity index (χ3n) is 8.94. The highest BCUT2D eigenvalue weighted by molar-refractivity contribution is 4.55. The molecule has 0 aromatic heterocycles. The second-order valence-corrected chi connectivity index (χ2v) is 12.7. The number of unbranched alkanes of at least 4 members (excludes halogenated alkanes) is 24. The van der Waals surface area contributed by atoms with Crippen molar-refractivity contribution in [3.63, 3.8) is 0 Å². The van der Waals surface area contributed by atoms with Crippen LogP contribution in [0.3, 0.4) is 0 Å². The van der Waals surface area contributed by atoms with Gasteiger partial charge in [-0.2, -0.15) is 0 Å². The van der Waals surface area contributed by atoms with Gasteiger partial charge < -0.3 is 4.48 Å². The van der Waals surface area contributed by atoms with Gasteiger partial charge in [0.2, 0.25) is 0 Å². The molecule has 0 aliphatic carbocycles. The van der Waals surface area contributed by atoms with Crippen molar-refractivity contribution < 1.29 is 4.48 Å². The third kappa shape index (κ3) is 26.0. The summed E-state index contributed by atoms with van der Waals surface area (Å²) in [4.78, 5) is 0. The van der Waals surface area contributed by atoms with Crippen molar-refractivity contribution in [1.29, 1.82) is 0 Å². The van der Waals surface area contributed by atoms with E-state index in [4.69, 9.17) is 0 Å².